The Kier molecular flexibility index (Phi) is 4.32. The Hall–Kier alpha value is -1.89. The van der Waals surface area contributed by atoms with E-state index >= 15 is 0 Å². The highest BCUT2D eigenvalue weighted by Crippen LogP contribution is 2.38. The molecule has 1 aliphatic rings. The number of carbonyl (C=O) groups excluding carboxylic acids is 2. The molecule has 0 radical (unpaired) electrons. The summed E-state index contributed by atoms with van der Waals surface area (Å²) in [6, 6.07) is 3.11. The maximum atomic E-state index is 12.2. The number of nitro benzene ring substituents is 1. The van der Waals surface area contributed by atoms with Crippen molar-refractivity contribution in [3.05, 3.63) is 33.4 Å². The fourth-order valence-corrected chi connectivity index (χ4v) is 3.40. The maximum absolute atomic E-state index is 12.2. The second-order valence-electron chi connectivity index (χ2n) is 5.07. The fraction of sp³-hybridized carbons (Fsp3) is 0.429. The number of nitrogens with zero attached hydrogens (tertiary/aromatic N) is 2. The van der Waals surface area contributed by atoms with Crippen molar-refractivity contribution in [3.63, 3.8) is 0 Å². The minimum Gasteiger partial charge on any atom is -0.305 e. The lowest BCUT2D eigenvalue weighted by molar-refractivity contribution is -0.384. The molecule has 7 heteroatoms. The maximum Gasteiger partial charge on any atom is 0.293 e. The summed E-state index contributed by atoms with van der Waals surface area (Å²) in [5.41, 5.74) is 1.91. The van der Waals surface area contributed by atoms with Gasteiger partial charge in [-0.2, -0.15) is 0 Å². The third-order valence-corrected chi connectivity index (χ3v) is 4.55. The molecule has 0 saturated carbocycles. The number of hydrogen-bond acceptors (Lipinski definition) is 5. The van der Waals surface area contributed by atoms with Crippen LogP contribution in [0.4, 0.5) is 11.4 Å². The average molecular weight is 308 g/mol. The van der Waals surface area contributed by atoms with E-state index in [1.807, 2.05) is 6.92 Å². The summed E-state index contributed by atoms with van der Waals surface area (Å²) < 4.78 is 0. The Bertz CT molecular complexity index is 630. The molecule has 21 heavy (non-hydrogen) atoms. The Balaban J connectivity index is 2.42. The van der Waals surface area contributed by atoms with Gasteiger partial charge in [-0.25, -0.2) is 0 Å². The van der Waals surface area contributed by atoms with Crippen LogP contribution in [0.1, 0.15) is 24.5 Å². The molecular weight excluding hydrogens is 292 g/mol. The van der Waals surface area contributed by atoms with Crippen LogP contribution in [0.25, 0.3) is 0 Å². The molecule has 1 aliphatic heterocycles. The van der Waals surface area contributed by atoms with E-state index in [0.717, 1.165) is 22.9 Å². The van der Waals surface area contributed by atoms with Crippen molar-refractivity contribution in [1.29, 1.82) is 0 Å². The topological polar surface area (TPSA) is 80.5 Å². The van der Waals surface area contributed by atoms with E-state index in [4.69, 9.17) is 0 Å². The van der Waals surface area contributed by atoms with Gasteiger partial charge in [0.05, 0.1) is 4.92 Å². The molecule has 112 valence electrons. The molecule has 0 N–H and O–H groups in total. The van der Waals surface area contributed by atoms with E-state index in [2.05, 4.69) is 0 Å². The summed E-state index contributed by atoms with van der Waals surface area (Å²) in [7, 11) is 0. The molecule has 1 aromatic carbocycles. The fourth-order valence-electron chi connectivity index (χ4n) is 2.48. The Morgan fingerprint density at radius 2 is 2.10 bits per heavy atom. The van der Waals surface area contributed by atoms with Crippen LogP contribution >= 0.6 is 11.8 Å². The SMILES string of the molecule is CC(=O)SC1CC(=O)N(c2c([N+](=O)[O-])ccc(C)c2C)C1. The highest BCUT2D eigenvalue weighted by molar-refractivity contribution is 8.14. The number of rotatable bonds is 3. The van der Waals surface area contributed by atoms with Crippen LogP contribution in [-0.4, -0.2) is 27.7 Å². The van der Waals surface area contributed by atoms with Gasteiger partial charge in [-0.3, -0.25) is 19.7 Å². The zero-order valence-electron chi connectivity index (χ0n) is 12.1. The molecule has 1 aromatic rings. The van der Waals surface area contributed by atoms with Crippen molar-refractivity contribution in [2.24, 2.45) is 0 Å². The summed E-state index contributed by atoms with van der Waals surface area (Å²) >= 11 is 1.12. The number of amides is 1. The lowest BCUT2D eigenvalue weighted by atomic mass is 10.1. The quantitative estimate of drug-likeness (QED) is 0.633. The van der Waals surface area contributed by atoms with Crippen LogP contribution in [0.2, 0.25) is 0 Å². The van der Waals surface area contributed by atoms with E-state index < -0.39 is 4.92 Å². The molecule has 1 heterocycles. The summed E-state index contributed by atoms with van der Waals surface area (Å²) in [6.07, 6.45) is 0.231. The van der Waals surface area contributed by atoms with Gasteiger partial charge in [0.25, 0.3) is 5.69 Å². The number of thioether (sulfide) groups is 1. The van der Waals surface area contributed by atoms with Crippen LogP contribution in [0.15, 0.2) is 12.1 Å². The van der Waals surface area contributed by atoms with Gasteiger partial charge in [0.15, 0.2) is 5.12 Å². The van der Waals surface area contributed by atoms with Crippen LogP contribution in [0, 0.1) is 24.0 Å². The standard InChI is InChI=1S/C14H16N2O4S/c1-8-4-5-12(16(19)20)14(9(8)2)15-7-11(6-13(15)18)21-10(3)17/h4-5,11H,6-7H2,1-3H3. The van der Waals surface area contributed by atoms with Crippen molar-refractivity contribution in [2.45, 2.75) is 32.4 Å². The molecule has 0 spiro atoms. The van der Waals surface area contributed by atoms with Gasteiger partial charge in [-0.1, -0.05) is 17.8 Å². The first-order valence-electron chi connectivity index (χ1n) is 6.53. The molecule has 2 rings (SSSR count). The minimum atomic E-state index is -0.472. The molecule has 6 nitrogen and oxygen atoms in total. The second kappa shape index (κ2) is 5.85. The summed E-state index contributed by atoms with van der Waals surface area (Å²) in [5.74, 6) is -0.175. The van der Waals surface area contributed by atoms with Gasteiger partial charge >= 0.3 is 0 Å². The second-order valence-corrected chi connectivity index (χ2v) is 6.55. The van der Waals surface area contributed by atoms with Crippen LogP contribution in [0.3, 0.4) is 0 Å². The van der Waals surface area contributed by atoms with Crippen molar-refractivity contribution < 1.29 is 14.5 Å². The largest absolute Gasteiger partial charge is 0.305 e. The zero-order valence-corrected chi connectivity index (χ0v) is 12.9. The molecule has 1 saturated heterocycles. The number of aryl methyl sites for hydroxylation is 1. The predicted octanol–water partition coefficient (Wildman–Crippen LogP) is 2.60. The Labute approximate surface area is 126 Å². The molecule has 1 atom stereocenters. The van der Waals surface area contributed by atoms with Crippen molar-refractivity contribution in [1.82, 2.24) is 0 Å². The third kappa shape index (κ3) is 3.07. The predicted molar refractivity (Wildman–Crippen MR) is 81.6 cm³/mol. The van der Waals surface area contributed by atoms with Crippen molar-refractivity contribution in [3.8, 4) is 0 Å². The number of benzene rings is 1. The highest BCUT2D eigenvalue weighted by atomic mass is 32.2. The van der Waals surface area contributed by atoms with E-state index in [1.165, 1.54) is 17.9 Å². The van der Waals surface area contributed by atoms with Crippen LogP contribution < -0.4 is 4.90 Å². The molecule has 0 bridgehead atoms. The monoisotopic (exact) mass is 308 g/mol. The van der Waals surface area contributed by atoms with E-state index in [1.54, 1.807) is 13.0 Å². The summed E-state index contributed by atoms with van der Waals surface area (Å²) in [5, 5.41) is 11.0. The van der Waals surface area contributed by atoms with E-state index in [9.17, 15) is 19.7 Å². The van der Waals surface area contributed by atoms with E-state index in [-0.39, 0.29) is 28.4 Å². The molecule has 1 unspecified atom stereocenters. The average Bonchev–Trinajstić information content (AvgIpc) is 2.71. The smallest absolute Gasteiger partial charge is 0.293 e. The van der Waals surface area contributed by atoms with Crippen LogP contribution in [-0.2, 0) is 9.59 Å². The lowest BCUT2D eigenvalue weighted by Gasteiger charge is -2.20. The Morgan fingerprint density at radius 3 is 2.67 bits per heavy atom. The minimum absolute atomic E-state index is 0.0508. The first-order chi connectivity index (χ1) is 9.81. The molecule has 1 amide bonds. The highest BCUT2D eigenvalue weighted by Gasteiger charge is 2.36. The molecule has 1 fully saturated rings. The number of nitro groups is 1. The third-order valence-electron chi connectivity index (χ3n) is 3.57. The Morgan fingerprint density at radius 1 is 1.43 bits per heavy atom. The number of carbonyl (C=O) groups is 2. The normalized spacial score (nSPS) is 18.1. The van der Waals surface area contributed by atoms with Gasteiger partial charge < -0.3 is 4.90 Å². The van der Waals surface area contributed by atoms with Gasteiger partial charge in [-0.15, -0.1) is 0 Å². The molecule has 0 aliphatic carbocycles. The van der Waals surface area contributed by atoms with Gasteiger partial charge in [0, 0.05) is 31.2 Å². The summed E-state index contributed by atoms with van der Waals surface area (Å²) in [6.45, 7) is 5.41. The van der Waals surface area contributed by atoms with Crippen molar-refractivity contribution >= 4 is 34.2 Å². The first-order valence-corrected chi connectivity index (χ1v) is 7.41. The molecule has 0 aromatic heterocycles. The molecular formula is C14H16N2O4S. The first kappa shape index (κ1) is 15.5. The van der Waals surface area contributed by atoms with E-state index in [0.29, 0.717) is 12.2 Å². The number of hydrogen-bond donors (Lipinski definition) is 0. The zero-order chi connectivity index (χ0) is 15.7. The van der Waals surface area contributed by atoms with Gasteiger partial charge in [-0.05, 0) is 25.0 Å². The summed E-state index contributed by atoms with van der Waals surface area (Å²) in [4.78, 5) is 35.5. The van der Waals surface area contributed by atoms with Crippen molar-refractivity contribution in [2.75, 3.05) is 11.4 Å². The van der Waals surface area contributed by atoms with Crippen LogP contribution in [0.5, 0.6) is 0 Å². The number of anilines is 1. The van der Waals surface area contributed by atoms with Gasteiger partial charge in [0.2, 0.25) is 5.91 Å². The lowest BCUT2D eigenvalue weighted by Crippen LogP contribution is -2.27. The van der Waals surface area contributed by atoms with Gasteiger partial charge in [0.1, 0.15) is 5.69 Å².